The molecule has 128 valence electrons. The third-order valence-electron chi connectivity index (χ3n) is 3.62. The van der Waals surface area contributed by atoms with E-state index in [1.807, 2.05) is 0 Å². The van der Waals surface area contributed by atoms with Crippen molar-refractivity contribution in [3.63, 3.8) is 0 Å². The molecule has 0 radical (unpaired) electrons. The minimum absolute atomic E-state index is 0.124. The van der Waals surface area contributed by atoms with Crippen LogP contribution in [0.1, 0.15) is 43.7 Å². The van der Waals surface area contributed by atoms with Crippen LogP contribution in [0.5, 0.6) is 0 Å². The first-order valence-corrected chi connectivity index (χ1v) is 7.31. The van der Waals surface area contributed by atoms with Gasteiger partial charge < -0.3 is 10.0 Å². The summed E-state index contributed by atoms with van der Waals surface area (Å²) in [7, 11) is 0. The van der Waals surface area contributed by atoms with Gasteiger partial charge >= 0.3 is 12.1 Å². The summed E-state index contributed by atoms with van der Waals surface area (Å²) in [6, 6.07) is 4.74. The Balaban J connectivity index is 2.68. The maximum absolute atomic E-state index is 12.5. The summed E-state index contributed by atoms with van der Waals surface area (Å²) >= 11 is 0. The SMILES string of the molecule is CCN(CCC(=O)O)C(=O)CC(C)c1ccc(C(F)(F)F)cc1. The molecule has 0 saturated carbocycles. The highest BCUT2D eigenvalue weighted by Crippen LogP contribution is 2.30. The first-order valence-electron chi connectivity index (χ1n) is 7.31. The maximum Gasteiger partial charge on any atom is 0.416 e. The average Bonchev–Trinajstić information content (AvgIpc) is 2.46. The number of rotatable bonds is 7. The molecule has 1 unspecified atom stereocenters. The minimum Gasteiger partial charge on any atom is -0.481 e. The fraction of sp³-hybridized carbons (Fsp3) is 0.500. The number of carboxylic acids is 1. The van der Waals surface area contributed by atoms with Crippen molar-refractivity contribution < 1.29 is 27.9 Å². The van der Waals surface area contributed by atoms with Gasteiger partial charge in [0.2, 0.25) is 5.91 Å². The van der Waals surface area contributed by atoms with Crippen molar-refractivity contribution in [1.29, 1.82) is 0 Å². The molecule has 1 rings (SSSR count). The number of hydrogen-bond acceptors (Lipinski definition) is 2. The Hall–Kier alpha value is -2.05. The van der Waals surface area contributed by atoms with Gasteiger partial charge in [0.15, 0.2) is 0 Å². The van der Waals surface area contributed by atoms with Gasteiger partial charge in [0.1, 0.15) is 0 Å². The molecule has 0 heterocycles. The van der Waals surface area contributed by atoms with Gasteiger partial charge in [-0.25, -0.2) is 0 Å². The number of carboxylic acid groups (broad SMARTS) is 1. The van der Waals surface area contributed by atoms with Crippen LogP contribution in [0.2, 0.25) is 0 Å². The topological polar surface area (TPSA) is 57.6 Å². The van der Waals surface area contributed by atoms with Gasteiger partial charge in [0, 0.05) is 19.5 Å². The van der Waals surface area contributed by atoms with Crippen molar-refractivity contribution in [3.05, 3.63) is 35.4 Å². The zero-order valence-electron chi connectivity index (χ0n) is 13.1. The Morgan fingerprint density at radius 1 is 1.22 bits per heavy atom. The van der Waals surface area contributed by atoms with Gasteiger partial charge in [0.05, 0.1) is 12.0 Å². The van der Waals surface area contributed by atoms with E-state index in [4.69, 9.17) is 5.11 Å². The van der Waals surface area contributed by atoms with Crippen molar-refractivity contribution >= 4 is 11.9 Å². The number of alkyl halides is 3. The summed E-state index contributed by atoms with van der Waals surface area (Å²) in [5.74, 6) is -1.43. The maximum atomic E-state index is 12.5. The van der Waals surface area contributed by atoms with Gasteiger partial charge in [0.25, 0.3) is 0 Å². The Labute approximate surface area is 132 Å². The molecule has 0 bridgehead atoms. The fourth-order valence-electron chi connectivity index (χ4n) is 2.20. The molecule has 0 saturated heterocycles. The normalized spacial score (nSPS) is 12.7. The number of amides is 1. The summed E-state index contributed by atoms with van der Waals surface area (Å²) in [5.41, 5.74) is -0.0861. The lowest BCUT2D eigenvalue weighted by molar-refractivity contribution is -0.139. The van der Waals surface area contributed by atoms with Crippen molar-refractivity contribution in [2.45, 2.75) is 38.8 Å². The molecule has 0 aliphatic carbocycles. The van der Waals surface area contributed by atoms with Gasteiger partial charge in [-0.1, -0.05) is 19.1 Å². The zero-order valence-corrected chi connectivity index (χ0v) is 13.1. The van der Waals surface area contributed by atoms with E-state index in [-0.39, 0.29) is 31.2 Å². The number of aliphatic carboxylic acids is 1. The van der Waals surface area contributed by atoms with Crippen LogP contribution in [-0.4, -0.2) is 35.0 Å². The molecule has 1 aromatic carbocycles. The average molecular weight is 331 g/mol. The van der Waals surface area contributed by atoms with Crippen LogP contribution in [0.25, 0.3) is 0 Å². The minimum atomic E-state index is -4.38. The van der Waals surface area contributed by atoms with E-state index in [1.165, 1.54) is 17.0 Å². The van der Waals surface area contributed by atoms with Gasteiger partial charge in [-0.05, 0) is 30.5 Å². The lowest BCUT2D eigenvalue weighted by atomic mass is 9.96. The Kier molecular flexibility index (Phi) is 6.60. The number of benzene rings is 1. The Morgan fingerprint density at radius 3 is 2.22 bits per heavy atom. The monoisotopic (exact) mass is 331 g/mol. The molecule has 1 aromatic rings. The van der Waals surface area contributed by atoms with Crippen LogP contribution in [-0.2, 0) is 15.8 Å². The van der Waals surface area contributed by atoms with Gasteiger partial charge in [-0.15, -0.1) is 0 Å². The third-order valence-corrected chi connectivity index (χ3v) is 3.62. The number of nitrogens with zero attached hydrogens (tertiary/aromatic N) is 1. The lowest BCUT2D eigenvalue weighted by Crippen LogP contribution is -2.33. The highest BCUT2D eigenvalue weighted by molar-refractivity contribution is 5.77. The van der Waals surface area contributed by atoms with E-state index in [0.29, 0.717) is 12.1 Å². The molecule has 7 heteroatoms. The van der Waals surface area contributed by atoms with Crippen molar-refractivity contribution in [3.8, 4) is 0 Å². The predicted molar refractivity (Wildman–Crippen MR) is 79.0 cm³/mol. The standard InChI is InChI=1S/C16H20F3NO3/c1-3-20(9-8-15(22)23)14(21)10-11(2)12-4-6-13(7-5-12)16(17,18)19/h4-7,11H,3,8-10H2,1-2H3,(H,22,23). The molecule has 1 N–H and O–H groups in total. The second kappa shape index (κ2) is 7.99. The van der Waals surface area contributed by atoms with E-state index in [9.17, 15) is 22.8 Å². The molecule has 0 spiro atoms. The van der Waals surface area contributed by atoms with Crippen molar-refractivity contribution in [2.75, 3.05) is 13.1 Å². The third kappa shape index (κ3) is 5.92. The lowest BCUT2D eigenvalue weighted by Gasteiger charge is -2.22. The van der Waals surface area contributed by atoms with Crippen LogP contribution in [0.4, 0.5) is 13.2 Å². The fourth-order valence-corrected chi connectivity index (χ4v) is 2.20. The Morgan fingerprint density at radius 2 is 1.78 bits per heavy atom. The predicted octanol–water partition coefficient (Wildman–Crippen LogP) is 3.52. The number of hydrogen-bond donors (Lipinski definition) is 1. The molecule has 0 fully saturated rings. The second-order valence-electron chi connectivity index (χ2n) is 5.34. The summed E-state index contributed by atoms with van der Waals surface area (Å²) in [6.07, 6.45) is -4.39. The number of halogens is 3. The van der Waals surface area contributed by atoms with Crippen LogP contribution in [0.15, 0.2) is 24.3 Å². The molecular formula is C16H20F3NO3. The zero-order chi connectivity index (χ0) is 17.6. The molecular weight excluding hydrogens is 311 g/mol. The Bertz CT molecular complexity index is 540. The van der Waals surface area contributed by atoms with Crippen LogP contribution in [0, 0.1) is 0 Å². The van der Waals surface area contributed by atoms with E-state index in [0.717, 1.165) is 12.1 Å². The molecule has 1 amide bonds. The highest BCUT2D eigenvalue weighted by atomic mass is 19.4. The molecule has 0 aromatic heterocycles. The number of carbonyl (C=O) groups excluding carboxylic acids is 1. The molecule has 0 aliphatic rings. The van der Waals surface area contributed by atoms with Crippen LogP contribution < -0.4 is 0 Å². The van der Waals surface area contributed by atoms with Gasteiger partial charge in [-0.2, -0.15) is 13.2 Å². The van der Waals surface area contributed by atoms with E-state index in [1.54, 1.807) is 13.8 Å². The first-order chi connectivity index (χ1) is 10.6. The number of carbonyl (C=O) groups is 2. The second-order valence-corrected chi connectivity index (χ2v) is 5.34. The smallest absolute Gasteiger partial charge is 0.416 e. The van der Waals surface area contributed by atoms with Gasteiger partial charge in [-0.3, -0.25) is 9.59 Å². The van der Waals surface area contributed by atoms with Crippen molar-refractivity contribution in [1.82, 2.24) is 4.90 Å². The summed E-state index contributed by atoms with van der Waals surface area (Å²) in [6.45, 7) is 4.03. The molecule has 4 nitrogen and oxygen atoms in total. The summed E-state index contributed by atoms with van der Waals surface area (Å²) < 4.78 is 37.6. The largest absolute Gasteiger partial charge is 0.481 e. The first kappa shape index (κ1) is 19.0. The molecule has 0 aliphatic heterocycles. The van der Waals surface area contributed by atoms with Crippen LogP contribution in [0.3, 0.4) is 0 Å². The van der Waals surface area contributed by atoms with Crippen molar-refractivity contribution in [2.24, 2.45) is 0 Å². The summed E-state index contributed by atoms with van der Waals surface area (Å²) in [5, 5.41) is 8.66. The molecule has 23 heavy (non-hydrogen) atoms. The van der Waals surface area contributed by atoms with Crippen LogP contribution >= 0.6 is 0 Å². The summed E-state index contributed by atoms with van der Waals surface area (Å²) in [4.78, 5) is 24.2. The van der Waals surface area contributed by atoms with E-state index >= 15 is 0 Å². The van der Waals surface area contributed by atoms with E-state index < -0.39 is 17.7 Å². The molecule has 1 atom stereocenters. The van der Waals surface area contributed by atoms with E-state index in [2.05, 4.69) is 0 Å². The highest BCUT2D eigenvalue weighted by Gasteiger charge is 2.30. The quantitative estimate of drug-likeness (QED) is 0.832.